The van der Waals surface area contributed by atoms with Gasteiger partial charge in [0, 0.05) is 0 Å². The summed E-state index contributed by atoms with van der Waals surface area (Å²) in [5.74, 6) is 0. The Morgan fingerprint density at radius 1 is 1.00 bits per heavy atom. The van der Waals surface area contributed by atoms with E-state index in [1.807, 2.05) is 0 Å². The van der Waals surface area contributed by atoms with E-state index in [9.17, 15) is 21.6 Å². The Hall–Kier alpha value is -0.650. The van der Waals surface area contributed by atoms with Crippen LogP contribution in [0.25, 0.3) is 0 Å². The molecule has 0 unspecified atom stereocenters. The Bertz CT molecular complexity index is 569. The first-order valence-electron chi connectivity index (χ1n) is 6.66. The fourth-order valence-corrected chi connectivity index (χ4v) is 9.89. The second-order valence-corrected chi connectivity index (χ2v) is 12.5. The quantitative estimate of drug-likeness (QED) is 0.584. The van der Waals surface area contributed by atoms with Crippen LogP contribution in [0, 0.1) is 0 Å². The van der Waals surface area contributed by atoms with E-state index >= 15 is 0 Å². The summed E-state index contributed by atoms with van der Waals surface area (Å²) in [7, 11) is -5.64. The molecule has 0 aliphatic rings. The molecule has 0 radical (unpaired) electrons. The standard InChI is InChI=1S/C13H20F3O3PS/c1-4-20(5-2,6-3,12-10-8-7-9-11-12)19-21(17,18)13(14,15)16/h7-11H,4-6H2,1-3H3. The van der Waals surface area contributed by atoms with Crippen molar-refractivity contribution < 1.29 is 25.6 Å². The van der Waals surface area contributed by atoms with Gasteiger partial charge in [0.15, 0.2) is 0 Å². The molecule has 0 aliphatic heterocycles. The van der Waals surface area contributed by atoms with Crippen LogP contribution in [0.15, 0.2) is 30.3 Å². The molecule has 1 aromatic carbocycles. The van der Waals surface area contributed by atoms with Crippen LogP contribution < -0.4 is 5.30 Å². The maximum absolute atomic E-state index is 12.8. The van der Waals surface area contributed by atoms with E-state index in [-0.39, 0.29) is 18.5 Å². The predicted octanol–water partition coefficient (Wildman–Crippen LogP) is 3.71. The van der Waals surface area contributed by atoms with Crippen LogP contribution in [0.4, 0.5) is 13.2 Å². The van der Waals surface area contributed by atoms with Crippen molar-refractivity contribution in [2.45, 2.75) is 26.3 Å². The molecule has 0 amide bonds. The fraction of sp³-hybridized carbons (Fsp3) is 0.538. The first-order chi connectivity index (χ1) is 9.56. The molecule has 0 aromatic heterocycles. The summed E-state index contributed by atoms with van der Waals surface area (Å²) in [6.07, 6.45) is 0.702. The van der Waals surface area contributed by atoms with Gasteiger partial charge in [-0.05, 0) is 0 Å². The Labute approximate surface area is 123 Å². The zero-order valence-corrected chi connectivity index (χ0v) is 13.9. The molecule has 1 rings (SSSR count). The van der Waals surface area contributed by atoms with Crippen molar-refractivity contribution in [3.05, 3.63) is 30.3 Å². The van der Waals surface area contributed by atoms with E-state index in [2.05, 4.69) is 0 Å². The zero-order chi connectivity index (χ0) is 16.4. The van der Waals surface area contributed by atoms with Gasteiger partial charge in [-0.3, -0.25) is 0 Å². The number of alkyl halides is 3. The topological polar surface area (TPSA) is 43.4 Å². The van der Waals surface area contributed by atoms with Crippen molar-refractivity contribution in [3.63, 3.8) is 0 Å². The van der Waals surface area contributed by atoms with Crippen LogP contribution in [0.2, 0.25) is 0 Å². The molecule has 0 fully saturated rings. The Morgan fingerprint density at radius 2 is 1.43 bits per heavy atom. The number of halogens is 3. The first-order valence-corrected chi connectivity index (χ1v) is 10.8. The van der Waals surface area contributed by atoms with Crippen molar-refractivity contribution in [1.82, 2.24) is 0 Å². The van der Waals surface area contributed by atoms with Crippen LogP contribution in [-0.2, 0) is 14.1 Å². The van der Waals surface area contributed by atoms with Crippen LogP contribution in [-0.4, -0.2) is 32.4 Å². The van der Waals surface area contributed by atoms with Gasteiger partial charge in [0.2, 0.25) is 0 Å². The molecule has 0 N–H and O–H groups in total. The third-order valence-electron chi connectivity index (χ3n) is 4.19. The average molecular weight is 344 g/mol. The maximum atomic E-state index is 12.8. The van der Waals surface area contributed by atoms with Gasteiger partial charge < -0.3 is 0 Å². The molecule has 0 bridgehead atoms. The second kappa shape index (κ2) is 5.86. The van der Waals surface area contributed by atoms with Crippen molar-refractivity contribution >= 4 is 22.3 Å². The fourth-order valence-electron chi connectivity index (χ4n) is 2.52. The molecule has 3 nitrogen and oxygen atoms in total. The van der Waals surface area contributed by atoms with E-state index < -0.39 is 22.5 Å². The van der Waals surface area contributed by atoms with Crippen molar-refractivity contribution in [3.8, 4) is 0 Å². The van der Waals surface area contributed by atoms with Crippen LogP contribution >= 0.6 is 6.83 Å². The molecule has 21 heavy (non-hydrogen) atoms. The number of hydrogen-bond donors (Lipinski definition) is 0. The SMILES string of the molecule is CCP(CC)(CC)(OS(=O)(=O)C(F)(F)F)c1ccccc1. The van der Waals surface area contributed by atoms with Gasteiger partial charge in [-0.2, -0.15) is 0 Å². The molecule has 0 aliphatic carbocycles. The van der Waals surface area contributed by atoms with Crippen molar-refractivity contribution in [2.24, 2.45) is 0 Å². The van der Waals surface area contributed by atoms with Crippen molar-refractivity contribution in [1.29, 1.82) is 0 Å². The van der Waals surface area contributed by atoms with Crippen LogP contribution in [0.1, 0.15) is 20.8 Å². The van der Waals surface area contributed by atoms with E-state index in [0.717, 1.165) is 0 Å². The van der Waals surface area contributed by atoms with Gasteiger partial charge in [-0.15, -0.1) is 0 Å². The monoisotopic (exact) mass is 344 g/mol. The third kappa shape index (κ3) is 3.10. The molecule has 0 heterocycles. The molecule has 0 spiro atoms. The number of rotatable bonds is 6. The third-order valence-corrected chi connectivity index (χ3v) is 13.1. The molecule has 122 valence electrons. The number of hydrogen-bond acceptors (Lipinski definition) is 3. The first kappa shape index (κ1) is 18.4. The summed E-state index contributed by atoms with van der Waals surface area (Å²) < 4.78 is 66.5. The summed E-state index contributed by atoms with van der Waals surface area (Å²) in [5.41, 5.74) is -5.41. The summed E-state index contributed by atoms with van der Waals surface area (Å²) in [6, 6.07) is 8.40. The van der Waals surface area contributed by atoms with Gasteiger partial charge in [0.25, 0.3) is 0 Å². The normalized spacial score (nSPS) is 15.4. The molecule has 8 heteroatoms. The second-order valence-electron chi connectivity index (χ2n) is 4.88. The van der Waals surface area contributed by atoms with Gasteiger partial charge in [-0.1, -0.05) is 0 Å². The summed E-state index contributed by atoms with van der Waals surface area (Å²) in [6.45, 7) is 1.36. The molecule has 1 aromatic rings. The van der Waals surface area contributed by atoms with Gasteiger partial charge in [0.05, 0.1) is 0 Å². The predicted molar refractivity (Wildman–Crippen MR) is 80.7 cm³/mol. The van der Waals surface area contributed by atoms with Gasteiger partial charge in [0.1, 0.15) is 0 Å². The summed E-state index contributed by atoms with van der Waals surface area (Å²) >= 11 is 0. The van der Waals surface area contributed by atoms with E-state index in [4.69, 9.17) is 3.97 Å². The van der Waals surface area contributed by atoms with E-state index in [1.54, 1.807) is 51.1 Å². The van der Waals surface area contributed by atoms with Crippen LogP contribution in [0.5, 0.6) is 0 Å². The Balaban J connectivity index is 3.57. The summed E-state index contributed by atoms with van der Waals surface area (Å²) in [4.78, 5) is 0. The minimum absolute atomic E-state index is 0.234. The Kier molecular flexibility index (Phi) is 5.13. The number of benzene rings is 1. The minimum atomic E-state index is -5.64. The molecular formula is C13H20F3O3PS. The van der Waals surface area contributed by atoms with Crippen molar-refractivity contribution in [2.75, 3.05) is 18.5 Å². The molecule has 0 saturated carbocycles. The van der Waals surface area contributed by atoms with Gasteiger partial charge >= 0.3 is 123 Å². The van der Waals surface area contributed by atoms with Gasteiger partial charge in [-0.25, -0.2) is 0 Å². The van der Waals surface area contributed by atoms with E-state index in [0.29, 0.717) is 5.30 Å². The molecule has 0 atom stereocenters. The van der Waals surface area contributed by atoms with E-state index in [1.165, 1.54) is 0 Å². The summed E-state index contributed by atoms with van der Waals surface area (Å²) in [5, 5.41) is 0.559. The average Bonchev–Trinajstić information content (AvgIpc) is 2.45. The zero-order valence-electron chi connectivity index (χ0n) is 12.2. The molecule has 0 saturated heterocycles. The molecular weight excluding hydrogens is 324 g/mol. The van der Waals surface area contributed by atoms with Crippen LogP contribution in [0.3, 0.4) is 0 Å². The Morgan fingerprint density at radius 3 is 1.76 bits per heavy atom.